The molecule has 0 bridgehead atoms. The van der Waals surface area contributed by atoms with E-state index >= 15 is 0 Å². The molecular formula is C14H27N. The van der Waals surface area contributed by atoms with E-state index in [9.17, 15) is 0 Å². The highest BCUT2D eigenvalue weighted by Crippen LogP contribution is 2.53. The van der Waals surface area contributed by atoms with Crippen LogP contribution in [0.5, 0.6) is 0 Å². The summed E-state index contributed by atoms with van der Waals surface area (Å²) < 4.78 is 0. The Kier molecular flexibility index (Phi) is 3.12. The quantitative estimate of drug-likeness (QED) is 0.672. The van der Waals surface area contributed by atoms with E-state index in [0.717, 1.165) is 23.3 Å². The first-order chi connectivity index (χ1) is 7.05. The number of hydrogen-bond donors (Lipinski definition) is 0. The molecule has 1 unspecified atom stereocenters. The molecule has 1 heteroatoms. The van der Waals surface area contributed by atoms with Gasteiger partial charge in [0.25, 0.3) is 0 Å². The summed E-state index contributed by atoms with van der Waals surface area (Å²) in [5, 5.41) is 0. The van der Waals surface area contributed by atoms with Gasteiger partial charge in [-0.2, -0.15) is 0 Å². The Morgan fingerprint density at radius 1 is 1.13 bits per heavy atom. The highest BCUT2D eigenvalue weighted by Gasteiger charge is 2.48. The average Bonchev–Trinajstić information content (AvgIpc) is 2.14. The van der Waals surface area contributed by atoms with Gasteiger partial charge in [-0.15, -0.1) is 0 Å². The van der Waals surface area contributed by atoms with E-state index in [1.807, 2.05) is 0 Å². The molecule has 1 aliphatic carbocycles. The third kappa shape index (κ3) is 1.95. The fourth-order valence-electron chi connectivity index (χ4n) is 3.85. The molecule has 0 radical (unpaired) electrons. The van der Waals surface area contributed by atoms with Crippen LogP contribution in [0.25, 0.3) is 0 Å². The minimum absolute atomic E-state index is 0.719. The van der Waals surface area contributed by atoms with Crippen molar-refractivity contribution in [3.8, 4) is 0 Å². The van der Waals surface area contributed by atoms with E-state index in [-0.39, 0.29) is 0 Å². The molecular weight excluding hydrogens is 182 g/mol. The molecule has 2 rings (SSSR count). The molecule has 0 aromatic carbocycles. The summed E-state index contributed by atoms with van der Waals surface area (Å²) in [4.78, 5) is 2.71. The molecule has 88 valence electrons. The second-order valence-electron chi connectivity index (χ2n) is 6.42. The standard InChI is InChI=1S/C14H27N/c1-11(2)13-6-9-15(12(3)4)10-14(13)7-5-8-14/h11-13H,5-10H2,1-4H3. The zero-order chi connectivity index (χ0) is 11.1. The van der Waals surface area contributed by atoms with E-state index < -0.39 is 0 Å². The van der Waals surface area contributed by atoms with Gasteiger partial charge in [0.15, 0.2) is 0 Å². The summed E-state index contributed by atoms with van der Waals surface area (Å²) in [5.41, 5.74) is 0.719. The van der Waals surface area contributed by atoms with Gasteiger partial charge in [0.2, 0.25) is 0 Å². The maximum atomic E-state index is 2.71. The highest BCUT2D eigenvalue weighted by molar-refractivity contribution is 5.00. The largest absolute Gasteiger partial charge is 0.300 e. The fraction of sp³-hybridized carbons (Fsp3) is 1.00. The lowest BCUT2D eigenvalue weighted by atomic mass is 9.55. The van der Waals surface area contributed by atoms with Crippen molar-refractivity contribution < 1.29 is 0 Å². The highest BCUT2D eigenvalue weighted by atomic mass is 15.2. The van der Waals surface area contributed by atoms with Gasteiger partial charge in [0.05, 0.1) is 0 Å². The van der Waals surface area contributed by atoms with Crippen LogP contribution in [0.2, 0.25) is 0 Å². The number of likely N-dealkylation sites (tertiary alicyclic amines) is 1. The summed E-state index contributed by atoms with van der Waals surface area (Å²) >= 11 is 0. The van der Waals surface area contributed by atoms with Crippen molar-refractivity contribution in [1.82, 2.24) is 4.90 Å². The van der Waals surface area contributed by atoms with Gasteiger partial charge in [-0.25, -0.2) is 0 Å². The summed E-state index contributed by atoms with van der Waals surface area (Å²) in [6, 6.07) is 0.746. The van der Waals surface area contributed by atoms with Gasteiger partial charge >= 0.3 is 0 Å². The van der Waals surface area contributed by atoms with Gasteiger partial charge in [0, 0.05) is 12.6 Å². The minimum Gasteiger partial charge on any atom is -0.300 e. The van der Waals surface area contributed by atoms with E-state index in [0.29, 0.717) is 0 Å². The maximum Gasteiger partial charge on any atom is 0.00434 e. The number of piperidine rings is 1. The Bertz CT molecular complexity index is 215. The average molecular weight is 209 g/mol. The molecule has 1 saturated carbocycles. The molecule has 1 saturated heterocycles. The van der Waals surface area contributed by atoms with Crippen LogP contribution in [0, 0.1) is 17.3 Å². The Morgan fingerprint density at radius 2 is 1.80 bits per heavy atom. The number of hydrogen-bond acceptors (Lipinski definition) is 1. The maximum absolute atomic E-state index is 2.71. The molecule has 0 amide bonds. The van der Waals surface area contributed by atoms with Crippen molar-refractivity contribution in [2.45, 2.75) is 59.4 Å². The smallest absolute Gasteiger partial charge is 0.00434 e. The molecule has 15 heavy (non-hydrogen) atoms. The van der Waals surface area contributed by atoms with Crippen molar-refractivity contribution in [1.29, 1.82) is 0 Å². The van der Waals surface area contributed by atoms with Gasteiger partial charge in [-0.1, -0.05) is 20.3 Å². The van der Waals surface area contributed by atoms with Crippen LogP contribution in [-0.4, -0.2) is 24.0 Å². The predicted molar refractivity (Wildman–Crippen MR) is 65.9 cm³/mol. The van der Waals surface area contributed by atoms with Crippen molar-refractivity contribution in [2.24, 2.45) is 17.3 Å². The van der Waals surface area contributed by atoms with Gasteiger partial charge in [0.1, 0.15) is 0 Å². The zero-order valence-electron chi connectivity index (χ0n) is 10.9. The molecule has 0 aromatic rings. The van der Waals surface area contributed by atoms with Crippen LogP contribution in [0.15, 0.2) is 0 Å². The van der Waals surface area contributed by atoms with Gasteiger partial charge < -0.3 is 4.90 Å². The van der Waals surface area contributed by atoms with Crippen molar-refractivity contribution >= 4 is 0 Å². The molecule has 0 N–H and O–H groups in total. The van der Waals surface area contributed by atoms with Crippen LogP contribution in [0.1, 0.15) is 53.4 Å². The lowest BCUT2D eigenvalue weighted by molar-refractivity contribution is -0.0642. The van der Waals surface area contributed by atoms with Gasteiger partial charge in [-0.3, -0.25) is 0 Å². The Labute approximate surface area is 95.2 Å². The van der Waals surface area contributed by atoms with Crippen LogP contribution in [0.4, 0.5) is 0 Å². The first-order valence-corrected chi connectivity index (χ1v) is 6.79. The van der Waals surface area contributed by atoms with Crippen LogP contribution < -0.4 is 0 Å². The Balaban J connectivity index is 2.07. The topological polar surface area (TPSA) is 3.24 Å². The normalized spacial score (nSPS) is 31.2. The van der Waals surface area contributed by atoms with E-state index in [1.54, 1.807) is 0 Å². The summed E-state index contributed by atoms with van der Waals surface area (Å²) in [7, 11) is 0. The second kappa shape index (κ2) is 4.08. The second-order valence-corrected chi connectivity index (χ2v) is 6.42. The lowest BCUT2D eigenvalue weighted by Crippen LogP contribution is -2.55. The molecule has 2 aliphatic rings. The zero-order valence-corrected chi connectivity index (χ0v) is 10.9. The summed E-state index contributed by atoms with van der Waals surface area (Å²) in [5.74, 6) is 1.89. The Hall–Kier alpha value is -0.0400. The van der Waals surface area contributed by atoms with E-state index in [2.05, 4.69) is 32.6 Å². The lowest BCUT2D eigenvalue weighted by Gasteiger charge is -2.56. The first kappa shape index (κ1) is 11.4. The molecule has 1 nitrogen and oxygen atoms in total. The predicted octanol–water partition coefficient (Wildman–Crippen LogP) is 3.54. The molecule has 2 fully saturated rings. The SMILES string of the molecule is CC(C)C1CCN(C(C)C)CC12CCC2. The van der Waals surface area contributed by atoms with Crippen molar-refractivity contribution in [3.05, 3.63) is 0 Å². The third-order valence-corrected chi connectivity index (χ3v) is 4.92. The first-order valence-electron chi connectivity index (χ1n) is 6.79. The fourth-order valence-corrected chi connectivity index (χ4v) is 3.85. The molecule has 1 atom stereocenters. The minimum atomic E-state index is 0.719. The summed E-state index contributed by atoms with van der Waals surface area (Å²) in [6.45, 7) is 12.3. The Morgan fingerprint density at radius 3 is 2.20 bits per heavy atom. The van der Waals surface area contributed by atoms with Crippen molar-refractivity contribution in [2.75, 3.05) is 13.1 Å². The molecule has 0 aromatic heterocycles. The number of rotatable bonds is 2. The molecule has 1 heterocycles. The van der Waals surface area contributed by atoms with Crippen LogP contribution in [0.3, 0.4) is 0 Å². The van der Waals surface area contributed by atoms with Crippen LogP contribution >= 0.6 is 0 Å². The van der Waals surface area contributed by atoms with Crippen LogP contribution in [-0.2, 0) is 0 Å². The van der Waals surface area contributed by atoms with E-state index in [4.69, 9.17) is 0 Å². The monoisotopic (exact) mass is 209 g/mol. The third-order valence-electron chi connectivity index (χ3n) is 4.92. The summed E-state index contributed by atoms with van der Waals surface area (Å²) in [6.07, 6.45) is 5.92. The molecule has 1 spiro atoms. The van der Waals surface area contributed by atoms with E-state index in [1.165, 1.54) is 38.8 Å². The number of nitrogens with zero attached hydrogens (tertiary/aromatic N) is 1. The molecule has 1 aliphatic heterocycles. The van der Waals surface area contributed by atoms with Gasteiger partial charge in [-0.05, 0) is 56.9 Å². The van der Waals surface area contributed by atoms with Crippen molar-refractivity contribution in [3.63, 3.8) is 0 Å².